The van der Waals surface area contributed by atoms with Crippen LogP contribution in [0.3, 0.4) is 0 Å². The molecule has 0 aliphatic rings. The van der Waals surface area contributed by atoms with E-state index in [2.05, 4.69) is 11.7 Å². The van der Waals surface area contributed by atoms with E-state index in [1.807, 2.05) is 12.3 Å². The van der Waals surface area contributed by atoms with E-state index in [-0.39, 0.29) is 10.7 Å². The lowest BCUT2D eigenvalue weighted by Gasteiger charge is -2.05. The highest BCUT2D eigenvalue weighted by molar-refractivity contribution is 7.90. The van der Waals surface area contributed by atoms with Crippen LogP contribution in [-0.2, 0) is 16.4 Å². The highest BCUT2D eigenvalue weighted by Gasteiger charge is 2.15. The third kappa shape index (κ3) is 3.60. The van der Waals surface area contributed by atoms with E-state index in [1.165, 1.54) is 12.3 Å². The quantitative estimate of drug-likeness (QED) is 0.631. The minimum atomic E-state index is -3.27. The van der Waals surface area contributed by atoms with Gasteiger partial charge in [-0.25, -0.2) is 12.8 Å². The topological polar surface area (TPSA) is 52.0 Å². The van der Waals surface area contributed by atoms with Crippen LogP contribution in [0.5, 0.6) is 0 Å². The SMILES string of the molecule is C=CCn1cc(-c2ccc(C)c(F)c2)c(-c2ccc(S(C)(=O)=O)cc2)n1. The van der Waals surface area contributed by atoms with Crippen LogP contribution in [0.1, 0.15) is 5.56 Å². The van der Waals surface area contributed by atoms with Crippen LogP contribution in [0.4, 0.5) is 4.39 Å². The van der Waals surface area contributed by atoms with Crippen LogP contribution < -0.4 is 0 Å². The van der Waals surface area contributed by atoms with Gasteiger partial charge >= 0.3 is 0 Å². The maximum atomic E-state index is 14.0. The van der Waals surface area contributed by atoms with E-state index in [0.717, 1.165) is 11.1 Å². The molecule has 0 saturated carbocycles. The predicted octanol–water partition coefficient (Wildman–Crippen LogP) is 4.25. The third-order valence-electron chi connectivity index (χ3n) is 4.12. The lowest BCUT2D eigenvalue weighted by atomic mass is 10.0. The van der Waals surface area contributed by atoms with Gasteiger partial charge in [0.15, 0.2) is 9.84 Å². The normalized spacial score (nSPS) is 11.5. The van der Waals surface area contributed by atoms with Crippen LogP contribution in [0.2, 0.25) is 0 Å². The number of benzene rings is 2. The van der Waals surface area contributed by atoms with E-state index < -0.39 is 9.84 Å². The lowest BCUT2D eigenvalue weighted by molar-refractivity contribution is 0.602. The third-order valence-corrected chi connectivity index (χ3v) is 5.25. The average molecular weight is 370 g/mol. The van der Waals surface area contributed by atoms with Gasteiger partial charge in [0, 0.05) is 23.6 Å². The second-order valence-electron chi connectivity index (χ2n) is 6.16. The van der Waals surface area contributed by atoms with Gasteiger partial charge in [-0.3, -0.25) is 4.68 Å². The molecular formula is C20H19FN2O2S. The summed E-state index contributed by atoms with van der Waals surface area (Å²) >= 11 is 0. The fourth-order valence-corrected chi connectivity index (χ4v) is 3.32. The predicted molar refractivity (Wildman–Crippen MR) is 101 cm³/mol. The largest absolute Gasteiger partial charge is 0.268 e. The molecule has 0 fully saturated rings. The van der Waals surface area contributed by atoms with Crippen molar-refractivity contribution in [1.82, 2.24) is 9.78 Å². The van der Waals surface area contributed by atoms with Crippen molar-refractivity contribution in [3.05, 3.63) is 72.7 Å². The zero-order valence-corrected chi connectivity index (χ0v) is 15.4. The maximum absolute atomic E-state index is 14.0. The molecule has 0 saturated heterocycles. The number of rotatable bonds is 5. The Morgan fingerprint density at radius 2 is 1.81 bits per heavy atom. The maximum Gasteiger partial charge on any atom is 0.175 e. The zero-order valence-electron chi connectivity index (χ0n) is 14.6. The Morgan fingerprint density at radius 3 is 2.38 bits per heavy atom. The molecule has 0 aliphatic heterocycles. The summed E-state index contributed by atoms with van der Waals surface area (Å²) in [5.41, 5.74) is 3.49. The minimum Gasteiger partial charge on any atom is -0.268 e. The number of hydrogen-bond acceptors (Lipinski definition) is 3. The first-order chi connectivity index (χ1) is 12.3. The Kier molecular flexibility index (Phi) is 4.78. The van der Waals surface area contributed by atoms with Gasteiger partial charge in [-0.15, -0.1) is 6.58 Å². The number of aromatic nitrogens is 2. The first-order valence-corrected chi connectivity index (χ1v) is 9.94. The molecule has 4 nitrogen and oxygen atoms in total. The highest BCUT2D eigenvalue weighted by atomic mass is 32.2. The van der Waals surface area contributed by atoms with E-state index in [0.29, 0.717) is 23.4 Å². The average Bonchev–Trinajstić information content (AvgIpc) is 3.01. The molecule has 26 heavy (non-hydrogen) atoms. The van der Waals surface area contributed by atoms with Gasteiger partial charge in [0.1, 0.15) is 11.5 Å². The Morgan fingerprint density at radius 1 is 1.15 bits per heavy atom. The molecule has 0 unspecified atom stereocenters. The fraction of sp³-hybridized carbons (Fsp3) is 0.150. The second kappa shape index (κ2) is 6.88. The molecule has 0 aliphatic carbocycles. The van der Waals surface area contributed by atoms with Crippen molar-refractivity contribution in [2.24, 2.45) is 0 Å². The fourth-order valence-electron chi connectivity index (χ4n) is 2.69. The van der Waals surface area contributed by atoms with Gasteiger partial charge < -0.3 is 0 Å². The summed E-state index contributed by atoms with van der Waals surface area (Å²) in [7, 11) is -3.27. The Balaban J connectivity index is 2.13. The molecule has 0 atom stereocenters. The van der Waals surface area contributed by atoms with Crippen molar-refractivity contribution in [3.8, 4) is 22.4 Å². The molecule has 1 aromatic heterocycles. The molecule has 134 valence electrons. The van der Waals surface area contributed by atoms with Gasteiger partial charge in [0.05, 0.1) is 11.4 Å². The van der Waals surface area contributed by atoms with Gasteiger partial charge in [0.25, 0.3) is 0 Å². The van der Waals surface area contributed by atoms with E-state index in [9.17, 15) is 12.8 Å². The van der Waals surface area contributed by atoms with Crippen LogP contribution in [0.15, 0.2) is 66.2 Å². The van der Waals surface area contributed by atoms with Crippen LogP contribution >= 0.6 is 0 Å². The van der Waals surface area contributed by atoms with Crippen molar-refractivity contribution in [1.29, 1.82) is 0 Å². The van der Waals surface area contributed by atoms with E-state index in [4.69, 9.17) is 0 Å². The van der Waals surface area contributed by atoms with Crippen molar-refractivity contribution in [2.75, 3.05) is 6.26 Å². The second-order valence-corrected chi connectivity index (χ2v) is 8.18. The molecule has 0 N–H and O–H groups in total. The van der Waals surface area contributed by atoms with Crippen molar-refractivity contribution < 1.29 is 12.8 Å². The summed E-state index contributed by atoms with van der Waals surface area (Å²) in [6.45, 7) is 5.95. The molecule has 3 rings (SSSR count). The standard InChI is InChI=1S/C20H19FN2O2S/c1-4-11-23-13-18(16-6-5-14(2)19(21)12-16)20(22-23)15-7-9-17(10-8-15)26(3,24)25/h4-10,12-13H,1,11H2,2-3H3. The molecule has 3 aromatic rings. The summed E-state index contributed by atoms with van der Waals surface area (Å²) in [6.07, 6.45) is 4.73. The Hall–Kier alpha value is -2.73. The number of aryl methyl sites for hydroxylation is 1. The van der Waals surface area contributed by atoms with Crippen molar-refractivity contribution in [2.45, 2.75) is 18.4 Å². The molecule has 6 heteroatoms. The molecule has 2 aromatic carbocycles. The van der Waals surface area contributed by atoms with Crippen molar-refractivity contribution >= 4 is 9.84 Å². The van der Waals surface area contributed by atoms with Gasteiger partial charge in [0.2, 0.25) is 0 Å². The first kappa shape index (κ1) is 18.1. The summed E-state index contributed by atoms with van der Waals surface area (Å²) in [5.74, 6) is -0.280. The molecule has 0 amide bonds. The highest BCUT2D eigenvalue weighted by Crippen LogP contribution is 2.32. The van der Waals surface area contributed by atoms with Gasteiger partial charge in [-0.1, -0.05) is 30.3 Å². The number of nitrogens with zero attached hydrogens (tertiary/aromatic N) is 2. The van der Waals surface area contributed by atoms with Crippen LogP contribution in [-0.4, -0.2) is 24.5 Å². The Labute approximate surface area is 152 Å². The minimum absolute atomic E-state index is 0.245. The molecule has 0 radical (unpaired) electrons. The van der Waals surface area contributed by atoms with E-state index >= 15 is 0 Å². The summed E-state index contributed by atoms with van der Waals surface area (Å²) in [6, 6.07) is 11.6. The first-order valence-electron chi connectivity index (χ1n) is 8.05. The molecular weight excluding hydrogens is 351 g/mol. The smallest absolute Gasteiger partial charge is 0.175 e. The summed E-state index contributed by atoms with van der Waals surface area (Å²) in [4.78, 5) is 0.245. The lowest BCUT2D eigenvalue weighted by Crippen LogP contribution is -1.97. The number of hydrogen-bond donors (Lipinski definition) is 0. The van der Waals surface area contributed by atoms with Gasteiger partial charge in [-0.2, -0.15) is 5.10 Å². The monoisotopic (exact) mass is 370 g/mol. The molecule has 0 spiro atoms. The summed E-state index contributed by atoms with van der Waals surface area (Å²) < 4.78 is 39.1. The number of halogens is 1. The Bertz CT molecular complexity index is 1070. The molecule has 0 bridgehead atoms. The van der Waals surface area contributed by atoms with Gasteiger partial charge in [-0.05, 0) is 36.2 Å². The summed E-state index contributed by atoms with van der Waals surface area (Å²) in [5, 5.41) is 4.56. The van der Waals surface area contributed by atoms with Crippen LogP contribution in [0, 0.1) is 12.7 Å². The van der Waals surface area contributed by atoms with Crippen LogP contribution in [0.25, 0.3) is 22.4 Å². The molecule has 1 heterocycles. The van der Waals surface area contributed by atoms with Crippen molar-refractivity contribution in [3.63, 3.8) is 0 Å². The zero-order chi connectivity index (χ0) is 18.9. The number of allylic oxidation sites excluding steroid dienone is 1. The number of sulfone groups is 1. The van der Waals surface area contributed by atoms with E-state index in [1.54, 1.807) is 48.0 Å².